The van der Waals surface area contributed by atoms with Crippen molar-refractivity contribution in [3.8, 4) is 0 Å². The molecule has 0 bridgehead atoms. The maximum absolute atomic E-state index is 11.4. The normalized spacial score (nSPS) is 12.7. The van der Waals surface area contributed by atoms with E-state index in [1.165, 1.54) is 11.8 Å². The van der Waals surface area contributed by atoms with Gasteiger partial charge in [0.15, 0.2) is 0 Å². The molecule has 3 heteroatoms. The Balaban J connectivity index is 2.71. The van der Waals surface area contributed by atoms with Crippen molar-refractivity contribution >= 4 is 12.3 Å². The number of benzene rings is 1. The minimum atomic E-state index is -0.563. The Hall–Kier alpha value is -1.64. The van der Waals surface area contributed by atoms with Crippen LogP contribution in [0.15, 0.2) is 29.3 Å². The van der Waals surface area contributed by atoms with Crippen molar-refractivity contribution < 1.29 is 9.53 Å². The summed E-state index contributed by atoms with van der Waals surface area (Å²) in [5.41, 5.74) is 1.76. The van der Waals surface area contributed by atoms with Gasteiger partial charge in [0.1, 0.15) is 5.60 Å². The quantitative estimate of drug-likeness (QED) is 0.705. The highest BCUT2D eigenvalue weighted by Crippen LogP contribution is 2.21. The Morgan fingerprint density at radius 3 is 2.00 bits per heavy atom. The van der Waals surface area contributed by atoms with Gasteiger partial charge in [-0.2, -0.15) is 4.99 Å². The van der Waals surface area contributed by atoms with E-state index in [4.69, 9.17) is 4.74 Å². The lowest BCUT2D eigenvalue weighted by Gasteiger charge is -2.18. The van der Waals surface area contributed by atoms with Crippen molar-refractivity contribution in [2.75, 3.05) is 0 Å². The summed E-state index contributed by atoms with van der Waals surface area (Å²) in [6.45, 7) is 11.9. The van der Waals surface area contributed by atoms with Gasteiger partial charge in [0.2, 0.25) is 0 Å². The van der Waals surface area contributed by atoms with Crippen molar-refractivity contribution in [1.82, 2.24) is 0 Å². The molecule has 0 N–H and O–H groups in total. The zero-order valence-corrected chi connectivity index (χ0v) is 12.7. The number of amides is 1. The summed E-state index contributed by atoms with van der Waals surface area (Å²) in [5, 5.41) is 0. The minimum absolute atomic E-state index is 0.126. The van der Waals surface area contributed by atoms with Gasteiger partial charge in [0, 0.05) is 6.21 Å². The summed E-state index contributed by atoms with van der Waals surface area (Å²) >= 11 is 0. The zero-order chi connectivity index (χ0) is 14.7. The molecule has 0 atom stereocenters. The molecule has 0 fully saturated rings. The summed E-state index contributed by atoms with van der Waals surface area (Å²) in [7, 11) is 0. The molecule has 0 aliphatic heterocycles. The fourth-order valence-corrected chi connectivity index (χ4v) is 1.48. The van der Waals surface area contributed by atoms with E-state index in [2.05, 4.69) is 37.9 Å². The third kappa shape index (κ3) is 5.69. The van der Waals surface area contributed by atoms with Crippen LogP contribution in [0.5, 0.6) is 0 Å². The Kier molecular flexibility index (Phi) is 4.51. The first kappa shape index (κ1) is 15.4. The molecule has 1 aromatic carbocycles. The van der Waals surface area contributed by atoms with Crippen LogP contribution < -0.4 is 0 Å². The van der Waals surface area contributed by atoms with Crippen molar-refractivity contribution in [1.29, 1.82) is 0 Å². The fourth-order valence-electron chi connectivity index (χ4n) is 1.48. The molecule has 0 aromatic heterocycles. The van der Waals surface area contributed by atoms with Crippen molar-refractivity contribution in [3.05, 3.63) is 35.4 Å². The lowest BCUT2D eigenvalue weighted by atomic mass is 9.87. The average molecular weight is 261 g/mol. The number of carbonyl (C=O) groups excluding carboxylic acids is 1. The molecular formula is C16H23NO2. The van der Waals surface area contributed by atoms with E-state index < -0.39 is 11.7 Å². The monoisotopic (exact) mass is 261 g/mol. The van der Waals surface area contributed by atoms with E-state index in [1.54, 1.807) is 0 Å². The largest absolute Gasteiger partial charge is 0.442 e. The minimum Gasteiger partial charge on any atom is -0.442 e. The second-order valence-electron chi connectivity index (χ2n) is 6.61. The van der Waals surface area contributed by atoms with Gasteiger partial charge in [-0.1, -0.05) is 45.0 Å². The van der Waals surface area contributed by atoms with E-state index in [-0.39, 0.29) is 5.41 Å². The fraction of sp³-hybridized carbons (Fsp3) is 0.500. The Morgan fingerprint density at radius 1 is 1.05 bits per heavy atom. The molecule has 1 amide bonds. The molecule has 1 rings (SSSR count). The number of hydrogen-bond donors (Lipinski definition) is 0. The van der Waals surface area contributed by atoms with Crippen molar-refractivity contribution in [2.24, 2.45) is 4.99 Å². The molecule has 0 radical (unpaired) electrons. The Morgan fingerprint density at radius 2 is 1.58 bits per heavy atom. The standard InChI is InChI=1S/C16H23NO2/c1-15(2,3)13-9-7-12(8-10-13)11-17-14(18)19-16(4,5)6/h7-11H,1-6H3. The molecule has 3 nitrogen and oxygen atoms in total. The van der Waals surface area contributed by atoms with Gasteiger partial charge in [0.05, 0.1) is 0 Å². The van der Waals surface area contributed by atoms with E-state index in [9.17, 15) is 4.79 Å². The molecule has 1 aromatic rings. The van der Waals surface area contributed by atoms with Crippen LogP contribution in [0.2, 0.25) is 0 Å². The van der Waals surface area contributed by atoms with Crippen LogP contribution in [-0.2, 0) is 10.2 Å². The molecule has 0 saturated carbocycles. The molecule has 0 aliphatic carbocycles. The highest BCUT2D eigenvalue weighted by Gasteiger charge is 2.15. The van der Waals surface area contributed by atoms with Gasteiger partial charge in [-0.3, -0.25) is 0 Å². The molecule has 0 saturated heterocycles. The topological polar surface area (TPSA) is 38.7 Å². The van der Waals surface area contributed by atoms with Gasteiger partial charge in [0.25, 0.3) is 0 Å². The third-order valence-electron chi connectivity index (χ3n) is 2.49. The first-order valence-electron chi connectivity index (χ1n) is 6.45. The molecule has 0 aliphatic rings. The van der Waals surface area contributed by atoms with Crippen LogP contribution >= 0.6 is 0 Å². The predicted octanol–water partition coefficient (Wildman–Crippen LogP) is 4.34. The van der Waals surface area contributed by atoms with Crippen LogP contribution in [0, 0.1) is 0 Å². The summed E-state index contributed by atoms with van der Waals surface area (Å²) in [5.74, 6) is 0. The summed E-state index contributed by atoms with van der Waals surface area (Å²) < 4.78 is 5.10. The van der Waals surface area contributed by atoms with Crippen LogP contribution in [0.3, 0.4) is 0 Å². The summed E-state index contributed by atoms with van der Waals surface area (Å²) in [6, 6.07) is 8.01. The first-order chi connectivity index (χ1) is 8.58. The second kappa shape index (κ2) is 5.55. The van der Waals surface area contributed by atoms with Gasteiger partial charge < -0.3 is 4.74 Å². The summed E-state index contributed by atoms with van der Waals surface area (Å²) in [6.07, 6.45) is 0.966. The van der Waals surface area contributed by atoms with E-state index >= 15 is 0 Å². The van der Waals surface area contributed by atoms with E-state index in [1.807, 2.05) is 32.9 Å². The smallest absolute Gasteiger partial charge is 0.434 e. The summed E-state index contributed by atoms with van der Waals surface area (Å²) in [4.78, 5) is 15.2. The predicted molar refractivity (Wildman–Crippen MR) is 79.0 cm³/mol. The van der Waals surface area contributed by atoms with Crippen LogP contribution in [0.1, 0.15) is 52.7 Å². The van der Waals surface area contributed by atoms with Gasteiger partial charge >= 0.3 is 6.09 Å². The van der Waals surface area contributed by atoms with Gasteiger partial charge in [-0.25, -0.2) is 4.79 Å². The number of aliphatic imine (C=N–C) groups is 1. The molecule has 0 heterocycles. The number of nitrogens with zero attached hydrogens (tertiary/aromatic N) is 1. The van der Waals surface area contributed by atoms with Crippen LogP contribution in [0.4, 0.5) is 4.79 Å². The van der Waals surface area contributed by atoms with Crippen LogP contribution in [0.25, 0.3) is 0 Å². The zero-order valence-electron chi connectivity index (χ0n) is 12.7. The Labute approximate surface area is 115 Å². The van der Waals surface area contributed by atoms with E-state index in [0.717, 1.165) is 5.56 Å². The van der Waals surface area contributed by atoms with Crippen molar-refractivity contribution in [3.63, 3.8) is 0 Å². The number of hydrogen-bond acceptors (Lipinski definition) is 2. The first-order valence-corrected chi connectivity index (χ1v) is 6.45. The molecule has 19 heavy (non-hydrogen) atoms. The van der Waals surface area contributed by atoms with E-state index in [0.29, 0.717) is 0 Å². The lowest BCUT2D eigenvalue weighted by Crippen LogP contribution is -2.21. The number of rotatable bonds is 1. The Bertz CT molecular complexity index is 459. The lowest BCUT2D eigenvalue weighted by molar-refractivity contribution is 0.0605. The number of ether oxygens (including phenoxy) is 1. The van der Waals surface area contributed by atoms with Gasteiger partial charge in [-0.05, 0) is 37.3 Å². The highest BCUT2D eigenvalue weighted by molar-refractivity contribution is 5.88. The molecular weight excluding hydrogens is 238 g/mol. The van der Waals surface area contributed by atoms with Crippen molar-refractivity contribution in [2.45, 2.75) is 52.6 Å². The SMILES string of the molecule is CC(C)(C)OC(=O)N=Cc1ccc(C(C)(C)C)cc1. The number of carbonyl (C=O) groups is 1. The molecule has 104 valence electrons. The second-order valence-corrected chi connectivity index (χ2v) is 6.61. The molecule has 0 unspecified atom stereocenters. The average Bonchev–Trinajstić information content (AvgIpc) is 2.23. The van der Waals surface area contributed by atoms with Crippen LogP contribution in [-0.4, -0.2) is 17.9 Å². The highest BCUT2D eigenvalue weighted by atomic mass is 16.6. The molecule has 0 spiro atoms. The maximum Gasteiger partial charge on any atom is 0.434 e. The third-order valence-corrected chi connectivity index (χ3v) is 2.49. The van der Waals surface area contributed by atoms with Gasteiger partial charge in [-0.15, -0.1) is 0 Å². The maximum atomic E-state index is 11.4.